The molecule has 0 bridgehead atoms. The first-order valence-electron chi connectivity index (χ1n) is 5.72. The molecule has 0 aliphatic heterocycles. The van der Waals surface area contributed by atoms with Gasteiger partial charge in [-0.05, 0) is 36.8 Å². The number of aliphatic hydroxyl groups is 1. The van der Waals surface area contributed by atoms with E-state index in [1.165, 1.54) is 6.42 Å². The third kappa shape index (κ3) is 2.51. The van der Waals surface area contributed by atoms with E-state index in [2.05, 4.69) is 0 Å². The van der Waals surface area contributed by atoms with Crippen LogP contribution in [-0.4, -0.2) is 16.3 Å². The highest BCUT2D eigenvalue weighted by Gasteiger charge is 2.23. The van der Waals surface area contributed by atoms with E-state index in [1.807, 2.05) is 18.2 Å². The molecule has 1 aromatic carbocycles. The third-order valence-electron chi connectivity index (χ3n) is 3.34. The van der Waals surface area contributed by atoms with Gasteiger partial charge in [0, 0.05) is 0 Å². The van der Waals surface area contributed by atoms with E-state index in [-0.39, 0.29) is 6.10 Å². The Bertz CT molecular complexity index is 322. The fourth-order valence-electron chi connectivity index (χ4n) is 2.39. The molecule has 0 aromatic heterocycles. The van der Waals surface area contributed by atoms with Crippen molar-refractivity contribution in [3.63, 3.8) is 0 Å². The van der Waals surface area contributed by atoms with Crippen LogP contribution in [0, 0.1) is 5.92 Å². The van der Waals surface area contributed by atoms with Crippen LogP contribution in [0.2, 0.25) is 0 Å². The van der Waals surface area contributed by atoms with Crippen molar-refractivity contribution in [1.29, 1.82) is 0 Å². The molecule has 0 heterocycles. The Balaban J connectivity index is 2.04. The molecule has 2 rings (SSSR count). The summed E-state index contributed by atoms with van der Waals surface area (Å²) < 4.78 is 0. The average molecular weight is 206 g/mol. The summed E-state index contributed by atoms with van der Waals surface area (Å²) in [6, 6.07) is 7.42. The van der Waals surface area contributed by atoms with Crippen molar-refractivity contribution in [3.8, 4) is 5.75 Å². The second kappa shape index (κ2) is 4.67. The molecule has 1 fully saturated rings. The molecule has 1 aliphatic rings. The van der Waals surface area contributed by atoms with Gasteiger partial charge >= 0.3 is 0 Å². The third-order valence-corrected chi connectivity index (χ3v) is 3.34. The second-order valence-electron chi connectivity index (χ2n) is 4.44. The Kier molecular flexibility index (Phi) is 3.27. The van der Waals surface area contributed by atoms with Gasteiger partial charge in [0.15, 0.2) is 0 Å². The number of para-hydroxylation sites is 1. The molecule has 1 saturated carbocycles. The average Bonchev–Trinajstić information content (AvgIpc) is 2.24. The lowest BCUT2D eigenvalue weighted by atomic mass is 9.82. The molecule has 2 atom stereocenters. The second-order valence-corrected chi connectivity index (χ2v) is 4.44. The fourth-order valence-corrected chi connectivity index (χ4v) is 2.39. The Morgan fingerprint density at radius 2 is 1.87 bits per heavy atom. The van der Waals surface area contributed by atoms with E-state index in [4.69, 9.17) is 0 Å². The van der Waals surface area contributed by atoms with E-state index in [1.54, 1.807) is 6.07 Å². The summed E-state index contributed by atoms with van der Waals surface area (Å²) in [4.78, 5) is 0. The summed E-state index contributed by atoms with van der Waals surface area (Å²) in [5, 5.41) is 19.5. The van der Waals surface area contributed by atoms with Crippen LogP contribution in [0.15, 0.2) is 24.3 Å². The summed E-state index contributed by atoms with van der Waals surface area (Å²) in [6.07, 6.45) is 4.95. The van der Waals surface area contributed by atoms with Crippen LogP contribution in [0.25, 0.3) is 0 Å². The van der Waals surface area contributed by atoms with Crippen molar-refractivity contribution in [3.05, 3.63) is 29.8 Å². The van der Waals surface area contributed by atoms with Crippen LogP contribution in [0.3, 0.4) is 0 Å². The zero-order valence-electron chi connectivity index (χ0n) is 8.89. The molecule has 0 spiro atoms. The number of aromatic hydroxyl groups is 1. The SMILES string of the molecule is Oc1ccccc1C[C@H]1CCCC[C@@H]1O. The van der Waals surface area contributed by atoms with Gasteiger partial charge in [-0.25, -0.2) is 0 Å². The predicted molar refractivity (Wildman–Crippen MR) is 59.8 cm³/mol. The summed E-state index contributed by atoms with van der Waals surface area (Å²) in [5.41, 5.74) is 0.962. The lowest BCUT2D eigenvalue weighted by molar-refractivity contribution is 0.0697. The van der Waals surface area contributed by atoms with E-state index in [9.17, 15) is 10.2 Å². The van der Waals surface area contributed by atoms with Gasteiger partial charge in [-0.15, -0.1) is 0 Å². The Labute approximate surface area is 90.6 Å². The van der Waals surface area contributed by atoms with Gasteiger partial charge in [0.2, 0.25) is 0 Å². The van der Waals surface area contributed by atoms with E-state index in [0.717, 1.165) is 31.2 Å². The number of benzene rings is 1. The molecule has 1 aromatic rings. The number of phenols is 1. The smallest absolute Gasteiger partial charge is 0.118 e. The van der Waals surface area contributed by atoms with Crippen molar-refractivity contribution >= 4 is 0 Å². The van der Waals surface area contributed by atoms with Crippen LogP contribution in [0.5, 0.6) is 5.75 Å². The minimum absolute atomic E-state index is 0.182. The Morgan fingerprint density at radius 1 is 1.13 bits per heavy atom. The van der Waals surface area contributed by atoms with E-state index < -0.39 is 0 Å². The van der Waals surface area contributed by atoms with E-state index >= 15 is 0 Å². The lowest BCUT2D eigenvalue weighted by Crippen LogP contribution is -2.26. The molecule has 0 radical (unpaired) electrons. The molecule has 0 unspecified atom stereocenters. The zero-order chi connectivity index (χ0) is 10.7. The molecular weight excluding hydrogens is 188 g/mol. The molecule has 2 heteroatoms. The van der Waals surface area contributed by atoms with Gasteiger partial charge in [0.05, 0.1) is 6.10 Å². The predicted octanol–water partition coefficient (Wildman–Crippen LogP) is 2.49. The highest BCUT2D eigenvalue weighted by atomic mass is 16.3. The number of hydrogen-bond acceptors (Lipinski definition) is 2. The molecule has 15 heavy (non-hydrogen) atoms. The van der Waals surface area contributed by atoms with Crippen molar-refractivity contribution in [2.24, 2.45) is 5.92 Å². The number of aliphatic hydroxyl groups excluding tert-OH is 1. The van der Waals surface area contributed by atoms with Crippen molar-refractivity contribution in [2.45, 2.75) is 38.2 Å². The summed E-state index contributed by atoms with van der Waals surface area (Å²) >= 11 is 0. The van der Waals surface area contributed by atoms with E-state index in [0.29, 0.717) is 11.7 Å². The maximum absolute atomic E-state index is 9.84. The summed E-state index contributed by atoms with van der Waals surface area (Å²) in [5.74, 6) is 0.683. The van der Waals surface area contributed by atoms with Crippen LogP contribution in [0.4, 0.5) is 0 Å². The maximum atomic E-state index is 9.84. The lowest BCUT2D eigenvalue weighted by Gasteiger charge is -2.27. The standard InChI is InChI=1S/C13H18O2/c14-12-7-3-1-5-10(12)9-11-6-2-4-8-13(11)15/h1,3,5,7,11,13-15H,2,4,6,8-9H2/t11-,13+/m1/s1. The molecular formula is C13H18O2. The number of rotatable bonds is 2. The minimum atomic E-state index is -0.182. The van der Waals surface area contributed by atoms with Crippen molar-refractivity contribution < 1.29 is 10.2 Å². The van der Waals surface area contributed by atoms with Gasteiger partial charge < -0.3 is 10.2 Å². The molecule has 2 N–H and O–H groups in total. The molecule has 0 amide bonds. The molecule has 82 valence electrons. The van der Waals surface area contributed by atoms with Gasteiger partial charge in [0.25, 0.3) is 0 Å². The quantitative estimate of drug-likeness (QED) is 0.780. The summed E-state index contributed by atoms with van der Waals surface area (Å²) in [6.45, 7) is 0. The maximum Gasteiger partial charge on any atom is 0.118 e. The van der Waals surface area contributed by atoms with Crippen LogP contribution in [0.1, 0.15) is 31.2 Å². The first-order valence-corrected chi connectivity index (χ1v) is 5.72. The number of phenolic OH excluding ortho intramolecular Hbond substituents is 1. The topological polar surface area (TPSA) is 40.5 Å². The van der Waals surface area contributed by atoms with Gasteiger partial charge in [-0.1, -0.05) is 31.0 Å². The van der Waals surface area contributed by atoms with Gasteiger partial charge in [-0.2, -0.15) is 0 Å². The van der Waals surface area contributed by atoms with Crippen LogP contribution in [-0.2, 0) is 6.42 Å². The minimum Gasteiger partial charge on any atom is -0.508 e. The first-order chi connectivity index (χ1) is 7.27. The van der Waals surface area contributed by atoms with Crippen LogP contribution < -0.4 is 0 Å². The Morgan fingerprint density at radius 3 is 2.60 bits per heavy atom. The fraction of sp³-hybridized carbons (Fsp3) is 0.538. The highest BCUT2D eigenvalue weighted by Crippen LogP contribution is 2.29. The molecule has 1 aliphatic carbocycles. The largest absolute Gasteiger partial charge is 0.508 e. The Hall–Kier alpha value is -1.02. The normalized spacial score (nSPS) is 26.5. The van der Waals surface area contributed by atoms with Gasteiger partial charge in [0.1, 0.15) is 5.75 Å². The first kappa shape index (κ1) is 10.5. The summed E-state index contributed by atoms with van der Waals surface area (Å²) in [7, 11) is 0. The zero-order valence-corrected chi connectivity index (χ0v) is 8.89. The van der Waals surface area contributed by atoms with Crippen molar-refractivity contribution in [2.75, 3.05) is 0 Å². The van der Waals surface area contributed by atoms with Gasteiger partial charge in [-0.3, -0.25) is 0 Å². The molecule has 0 saturated heterocycles. The molecule has 2 nitrogen and oxygen atoms in total. The van der Waals surface area contributed by atoms with Crippen LogP contribution >= 0.6 is 0 Å². The van der Waals surface area contributed by atoms with Crippen molar-refractivity contribution in [1.82, 2.24) is 0 Å². The number of hydrogen-bond donors (Lipinski definition) is 2. The highest BCUT2D eigenvalue weighted by molar-refractivity contribution is 5.32. The monoisotopic (exact) mass is 206 g/mol.